The molecule has 0 aromatic heterocycles. The summed E-state index contributed by atoms with van der Waals surface area (Å²) in [6.45, 7) is 5.41. The van der Waals surface area contributed by atoms with Crippen LogP contribution in [-0.4, -0.2) is 232 Å². The van der Waals surface area contributed by atoms with Gasteiger partial charge in [0.1, 0.15) is 97.7 Å². The maximum Gasteiger partial charge on any atom is 0.314 e. The van der Waals surface area contributed by atoms with E-state index in [1.807, 2.05) is 6.92 Å². The summed E-state index contributed by atoms with van der Waals surface area (Å²) >= 11 is 0. The third kappa shape index (κ3) is 8.63. The van der Waals surface area contributed by atoms with Crippen LogP contribution < -0.4 is 0 Å². The van der Waals surface area contributed by atoms with Gasteiger partial charge in [0.05, 0.1) is 37.4 Å². The lowest BCUT2D eigenvalue weighted by atomic mass is 9.41. The Hall–Kier alpha value is -1.63. The normalized spacial score (nSPS) is 54.5. The van der Waals surface area contributed by atoms with Crippen LogP contribution in [0.2, 0.25) is 0 Å². The molecule has 8 fully saturated rings. The van der Waals surface area contributed by atoms with Crippen LogP contribution in [0.5, 0.6) is 0 Å². The van der Waals surface area contributed by atoms with E-state index in [1.165, 1.54) is 0 Å². The highest BCUT2D eigenvalue weighted by Crippen LogP contribution is 2.74. The average Bonchev–Trinajstić information content (AvgIpc) is 3.50. The van der Waals surface area contributed by atoms with Gasteiger partial charge in [-0.1, -0.05) is 19.9 Å². The first-order valence-corrected chi connectivity index (χ1v) is 23.4. The number of carbonyl (C=O) groups excluding carboxylic acids is 1. The number of hydrogen-bond acceptors (Lipinski definition) is 23. The molecule has 4 saturated heterocycles. The number of fused-ring (bicyclic) bond motifs is 3. The van der Waals surface area contributed by atoms with Crippen molar-refractivity contribution in [2.45, 2.75) is 200 Å². The van der Waals surface area contributed by atoms with Gasteiger partial charge in [0, 0.05) is 0 Å². The molecular formula is C44H70O23. The van der Waals surface area contributed by atoms with E-state index < -0.39 is 177 Å². The lowest BCUT2D eigenvalue weighted by Crippen LogP contribution is -2.68. The highest BCUT2D eigenvalue weighted by Gasteiger charge is 2.70. The number of ether oxygens (including phenoxy) is 8. The van der Waals surface area contributed by atoms with Gasteiger partial charge in [-0.25, -0.2) is 0 Å². The van der Waals surface area contributed by atoms with Crippen LogP contribution in [0.3, 0.4) is 0 Å². The minimum absolute atomic E-state index is 0.0251. The van der Waals surface area contributed by atoms with Crippen molar-refractivity contribution in [3.8, 4) is 0 Å². The van der Waals surface area contributed by atoms with Gasteiger partial charge in [-0.2, -0.15) is 0 Å². The Kier molecular flexibility index (Phi) is 15.0. The maximum absolute atomic E-state index is 14.3. The fraction of sp³-hybridized carbons (Fsp3) is 0.932. The number of esters is 1. The molecule has 1 spiro atoms. The van der Waals surface area contributed by atoms with Gasteiger partial charge in [0.15, 0.2) is 18.9 Å². The summed E-state index contributed by atoms with van der Waals surface area (Å²) in [5.74, 6) is -0.805. The molecule has 0 aromatic rings. The van der Waals surface area contributed by atoms with E-state index in [9.17, 15) is 76.3 Å². The second-order valence-corrected chi connectivity index (χ2v) is 20.8. The summed E-state index contributed by atoms with van der Waals surface area (Å²) in [5, 5.41) is 148. The summed E-state index contributed by atoms with van der Waals surface area (Å²) in [5.41, 5.74) is -2.33. The van der Waals surface area contributed by atoms with Crippen LogP contribution >= 0.6 is 0 Å². The van der Waals surface area contributed by atoms with Gasteiger partial charge in [-0.15, -0.1) is 0 Å². The Bertz CT molecular complexity index is 1760. The van der Waals surface area contributed by atoms with Crippen LogP contribution in [0.25, 0.3) is 0 Å². The summed E-state index contributed by atoms with van der Waals surface area (Å²) < 4.78 is 48.2. The molecule has 4 heterocycles. The van der Waals surface area contributed by atoms with Crippen LogP contribution in [0, 0.1) is 28.1 Å². The fourth-order valence-corrected chi connectivity index (χ4v) is 13.5. The molecule has 4 aliphatic heterocycles. The zero-order valence-corrected chi connectivity index (χ0v) is 37.5. The highest BCUT2D eigenvalue weighted by atomic mass is 16.8. The molecule has 0 amide bonds. The van der Waals surface area contributed by atoms with Crippen molar-refractivity contribution < 1.29 is 114 Å². The first-order valence-electron chi connectivity index (χ1n) is 23.4. The first kappa shape index (κ1) is 51.7. The Labute approximate surface area is 386 Å². The van der Waals surface area contributed by atoms with Crippen LogP contribution in [0.4, 0.5) is 0 Å². The van der Waals surface area contributed by atoms with Gasteiger partial charge in [0.2, 0.25) is 6.29 Å². The Balaban J connectivity index is 1.06. The van der Waals surface area contributed by atoms with Gasteiger partial charge in [-0.3, -0.25) is 4.79 Å². The molecule has 14 N–H and O–H groups in total. The fourth-order valence-electron chi connectivity index (χ4n) is 13.5. The van der Waals surface area contributed by atoms with E-state index in [0.29, 0.717) is 56.9 Å². The standard InChI is InChI=1S/C44H70O23/c1-17-11-43-9-5-22-41(2,7-4-8-42(22,3)40(59)66-38-33(58)30(55)26(51)20(14-47)62-38)23(43)6-10-44(17,16-43)67-39-35(65-37-32(57)29(54)25(50)19(13-46)61-37)34(27(52)21(15-48)63-39)64-36-31(56)28(53)24(49)18(12-45)60-36/h18-39,45-58H,1,4-16H2,2-3H3/t18-,19+,20?,21-,22?,23+,24?,25-,26-,27?,28?,29?,30+,31-,32?,33?,34?,35-,36+,37+,38+,39+,41-,42-,43-,44+/m1/s1. The van der Waals surface area contributed by atoms with Crippen molar-refractivity contribution in [3.63, 3.8) is 0 Å². The Morgan fingerprint density at radius 3 is 1.57 bits per heavy atom. The zero-order valence-electron chi connectivity index (χ0n) is 37.5. The van der Waals surface area contributed by atoms with Crippen molar-refractivity contribution in [2.75, 3.05) is 26.4 Å². The lowest BCUT2D eigenvalue weighted by molar-refractivity contribution is -0.400. The molecule has 0 aromatic carbocycles. The van der Waals surface area contributed by atoms with Crippen molar-refractivity contribution in [1.82, 2.24) is 0 Å². The molecule has 23 nitrogen and oxygen atoms in total. The summed E-state index contributed by atoms with van der Waals surface area (Å²) in [6.07, 6.45) is -29.1. The predicted molar refractivity (Wildman–Crippen MR) is 219 cm³/mol. The minimum Gasteiger partial charge on any atom is -0.432 e. The average molecular weight is 967 g/mol. The Morgan fingerprint density at radius 1 is 0.567 bits per heavy atom. The maximum atomic E-state index is 14.3. The van der Waals surface area contributed by atoms with E-state index in [4.69, 9.17) is 37.9 Å². The third-order valence-corrected chi connectivity index (χ3v) is 17.1. The third-order valence-electron chi connectivity index (χ3n) is 17.1. The molecule has 8 rings (SSSR count). The topological polar surface area (TPSA) is 374 Å². The van der Waals surface area contributed by atoms with Gasteiger partial charge >= 0.3 is 5.97 Å². The van der Waals surface area contributed by atoms with Crippen LogP contribution in [0.1, 0.15) is 71.6 Å². The molecule has 384 valence electrons. The molecule has 4 saturated carbocycles. The molecule has 2 bridgehead atoms. The zero-order chi connectivity index (χ0) is 48.7. The second kappa shape index (κ2) is 19.4. The number of hydrogen-bond donors (Lipinski definition) is 14. The largest absolute Gasteiger partial charge is 0.432 e. The number of aliphatic hydroxyl groups is 14. The smallest absolute Gasteiger partial charge is 0.314 e. The Morgan fingerprint density at radius 2 is 1.03 bits per heavy atom. The van der Waals surface area contributed by atoms with E-state index in [2.05, 4.69) is 13.5 Å². The predicted octanol–water partition coefficient (Wildman–Crippen LogP) is -5.11. The van der Waals surface area contributed by atoms with E-state index in [-0.39, 0.29) is 11.8 Å². The summed E-state index contributed by atoms with van der Waals surface area (Å²) in [6, 6.07) is 0. The van der Waals surface area contributed by atoms with E-state index in [1.54, 1.807) is 0 Å². The summed E-state index contributed by atoms with van der Waals surface area (Å²) in [7, 11) is 0. The molecule has 67 heavy (non-hydrogen) atoms. The van der Waals surface area contributed by atoms with Crippen molar-refractivity contribution >= 4 is 5.97 Å². The highest BCUT2D eigenvalue weighted by molar-refractivity contribution is 5.77. The van der Waals surface area contributed by atoms with Crippen LogP contribution in [-0.2, 0) is 42.7 Å². The van der Waals surface area contributed by atoms with Gasteiger partial charge in [-0.05, 0) is 86.5 Å². The monoisotopic (exact) mass is 966 g/mol. The lowest BCUT2D eigenvalue weighted by Gasteiger charge is -2.64. The van der Waals surface area contributed by atoms with Crippen molar-refractivity contribution in [3.05, 3.63) is 12.2 Å². The van der Waals surface area contributed by atoms with Crippen LogP contribution in [0.15, 0.2) is 12.2 Å². The molecule has 0 radical (unpaired) electrons. The van der Waals surface area contributed by atoms with Crippen molar-refractivity contribution in [2.24, 2.45) is 28.1 Å². The molecule has 4 aliphatic carbocycles. The van der Waals surface area contributed by atoms with E-state index >= 15 is 0 Å². The minimum atomic E-state index is -1.95. The number of aliphatic hydroxyl groups excluding tert-OH is 14. The summed E-state index contributed by atoms with van der Waals surface area (Å²) in [4.78, 5) is 14.3. The van der Waals surface area contributed by atoms with Gasteiger partial charge < -0.3 is 109 Å². The molecule has 26 atom stereocenters. The number of rotatable bonds is 12. The molecular weight excluding hydrogens is 896 g/mol. The molecule has 8 aliphatic rings. The first-order chi connectivity index (χ1) is 31.6. The van der Waals surface area contributed by atoms with Gasteiger partial charge in [0.25, 0.3) is 0 Å². The van der Waals surface area contributed by atoms with Crippen molar-refractivity contribution in [1.29, 1.82) is 0 Å². The SMILES string of the molecule is C=C1C[C@@]23CCC4[C@](C)(C(=O)O[C@@H]5OC(CO)[C@@H](O)[C@H](O)C5O)CCC[C@@]4(C)[C@@H]2CC[C@]1(O[C@@H]1O[C@H](CO)C(O)C(O[C@@H]2O[C@H](CO)C(O)C(O)[C@H]2O)[C@H]1O[C@@H]1O[C@@H](CO)[C@@H](O)C(O)C1O)C3. The molecule has 23 heteroatoms. The second-order valence-electron chi connectivity index (χ2n) is 20.8. The quantitative estimate of drug-likeness (QED) is 0.0494. The number of carbonyl (C=O) groups is 1. The molecule has 9 unspecified atom stereocenters. The van der Waals surface area contributed by atoms with E-state index in [0.717, 1.165) is 6.42 Å².